The minimum Gasteiger partial charge on any atom is -0.376 e. The molecule has 0 bridgehead atoms. The topological polar surface area (TPSA) is 66.9 Å². The van der Waals surface area contributed by atoms with E-state index in [4.69, 9.17) is 9.47 Å². The number of ether oxygens (including phenoxy) is 2. The maximum absolute atomic E-state index is 12.6. The number of hydrogen-bond acceptors (Lipinski definition) is 6. The van der Waals surface area contributed by atoms with Crippen LogP contribution in [0.3, 0.4) is 0 Å². The first-order valence-electron chi connectivity index (χ1n) is 10.5. The molecule has 164 valence electrons. The van der Waals surface area contributed by atoms with Crippen molar-refractivity contribution < 1.29 is 14.3 Å². The van der Waals surface area contributed by atoms with Gasteiger partial charge in [-0.3, -0.25) is 4.90 Å². The van der Waals surface area contributed by atoms with Crippen LogP contribution >= 0.6 is 11.3 Å². The molecule has 3 rings (SSSR count). The molecule has 1 aromatic heterocycles. The minimum absolute atomic E-state index is 0.0532. The molecule has 0 saturated carbocycles. The highest BCUT2D eigenvalue weighted by molar-refractivity contribution is 7.09. The Bertz CT molecular complexity index is 803. The molecule has 1 fully saturated rings. The second-order valence-corrected chi connectivity index (χ2v) is 8.79. The SMILES string of the molecule is Cc1nc(CN2CCN(C(=O)Nc3cccc(COCCOC(C)C)c3)CC2)cs1. The van der Waals surface area contributed by atoms with E-state index in [1.165, 1.54) is 0 Å². The number of amides is 2. The van der Waals surface area contributed by atoms with Crippen LogP contribution in [0.15, 0.2) is 29.6 Å². The lowest BCUT2D eigenvalue weighted by Crippen LogP contribution is -2.49. The molecule has 2 amide bonds. The van der Waals surface area contributed by atoms with Crippen LogP contribution in [-0.2, 0) is 22.6 Å². The maximum atomic E-state index is 12.6. The van der Waals surface area contributed by atoms with Gasteiger partial charge in [-0.05, 0) is 38.5 Å². The lowest BCUT2D eigenvalue weighted by molar-refractivity contribution is 0.0143. The van der Waals surface area contributed by atoms with Gasteiger partial charge < -0.3 is 19.7 Å². The van der Waals surface area contributed by atoms with Gasteiger partial charge in [0.05, 0.1) is 36.6 Å². The third-order valence-electron chi connectivity index (χ3n) is 4.84. The van der Waals surface area contributed by atoms with Crippen molar-refractivity contribution >= 4 is 23.1 Å². The highest BCUT2D eigenvalue weighted by Crippen LogP contribution is 2.15. The largest absolute Gasteiger partial charge is 0.376 e. The van der Waals surface area contributed by atoms with Crippen LogP contribution in [0.25, 0.3) is 0 Å². The second kappa shape index (κ2) is 11.4. The number of carbonyl (C=O) groups excluding carboxylic acids is 1. The minimum atomic E-state index is -0.0532. The molecule has 1 aliphatic rings. The molecular weight excluding hydrogens is 400 g/mol. The van der Waals surface area contributed by atoms with E-state index in [-0.39, 0.29) is 12.1 Å². The average molecular weight is 433 g/mol. The number of hydrogen-bond donors (Lipinski definition) is 1. The lowest BCUT2D eigenvalue weighted by Gasteiger charge is -2.34. The van der Waals surface area contributed by atoms with Crippen LogP contribution in [0, 0.1) is 6.92 Å². The summed E-state index contributed by atoms with van der Waals surface area (Å²) in [5.41, 5.74) is 2.94. The quantitative estimate of drug-likeness (QED) is 0.612. The fourth-order valence-electron chi connectivity index (χ4n) is 3.29. The Balaban J connectivity index is 1.40. The molecule has 1 aliphatic heterocycles. The number of nitrogens with one attached hydrogen (secondary N) is 1. The van der Waals surface area contributed by atoms with Crippen molar-refractivity contribution in [2.75, 3.05) is 44.7 Å². The highest BCUT2D eigenvalue weighted by Gasteiger charge is 2.21. The third kappa shape index (κ3) is 7.36. The molecule has 0 radical (unpaired) electrons. The maximum Gasteiger partial charge on any atom is 0.321 e. The zero-order valence-corrected chi connectivity index (χ0v) is 18.9. The molecule has 7 nitrogen and oxygen atoms in total. The molecule has 1 aromatic carbocycles. The highest BCUT2D eigenvalue weighted by atomic mass is 32.1. The first-order valence-corrected chi connectivity index (χ1v) is 11.3. The Kier molecular flexibility index (Phi) is 8.62. The van der Waals surface area contributed by atoms with Gasteiger partial charge in [-0.1, -0.05) is 12.1 Å². The van der Waals surface area contributed by atoms with Gasteiger partial charge in [-0.25, -0.2) is 9.78 Å². The summed E-state index contributed by atoms with van der Waals surface area (Å²) < 4.78 is 11.1. The van der Waals surface area contributed by atoms with E-state index in [1.54, 1.807) is 11.3 Å². The smallest absolute Gasteiger partial charge is 0.321 e. The number of urea groups is 1. The number of piperazine rings is 1. The lowest BCUT2D eigenvalue weighted by atomic mass is 10.2. The van der Waals surface area contributed by atoms with Crippen LogP contribution in [0.4, 0.5) is 10.5 Å². The normalized spacial score (nSPS) is 15.0. The number of nitrogens with zero attached hydrogens (tertiary/aromatic N) is 3. The van der Waals surface area contributed by atoms with Gasteiger partial charge in [0.2, 0.25) is 0 Å². The number of thiazole rings is 1. The summed E-state index contributed by atoms with van der Waals surface area (Å²) in [5, 5.41) is 6.22. The van der Waals surface area contributed by atoms with Crippen LogP contribution in [0.5, 0.6) is 0 Å². The summed E-state index contributed by atoms with van der Waals surface area (Å²) in [4.78, 5) is 21.4. The van der Waals surface area contributed by atoms with Crippen molar-refractivity contribution in [3.05, 3.63) is 45.9 Å². The Labute approximate surface area is 183 Å². The molecule has 0 aliphatic carbocycles. The molecule has 8 heteroatoms. The van der Waals surface area contributed by atoms with Crippen LogP contribution in [0.2, 0.25) is 0 Å². The standard InChI is InChI=1S/C22H32N4O3S/c1-17(2)29-12-11-28-15-19-5-4-6-20(13-19)24-22(27)26-9-7-25(8-10-26)14-21-16-30-18(3)23-21/h4-6,13,16-17H,7-12,14-15H2,1-3H3,(H,24,27). The van der Waals surface area contributed by atoms with Gasteiger partial charge in [0.1, 0.15) is 0 Å². The van der Waals surface area contributed by atoms with Gasteiger partial charge in [0.25, 0.3) is 0 Å². The van der Waals surface area contributed by atoms with E-state index < -0.39 is 0 Å². The molecule has 0 unspecified atom stereocenters. The van der Waals surface area contributed by atoms with Crippen molar-refractivity contribution in [2.45, 2.75) is 40.0 Å². The van der Waals surface area contributed by atoms with Crippen molar-refractivity contribution in [2.24, 2.45) is 0 Å². The summed E-state index contributed by atoms with van der Waals surface area (Å²) in [6, 6.07) is 7.75. The summed E-state index contributed by atoms with van der Waals surface area (Å²) in [7, 11) is 0. The number of aromatic nitrogens is 1. The second-order valence-electron chi connectivity index (χ2n) is 7.72. The predicted octanol–water partition coefficient (Wildman–Crippen LogP) is 3.74. The van der Waals surface area contributed by atoms with E-state index in [1.807, 2.05) is 49.9 Å². The van der Waals surface area contributed by atoms with E-state index in [0.717, 1.165) is 41.6 Å². The summed E-state index contributed by atoms with van der Waals surface area (Å²) >= 11 is 1.68. The van der Waals surface area contributed by atoms with Gasteiger partial charge >= 0.3 is 6.03 Å². The fraction of sp³-hybridized carbons (Fsp3) is 0.545. The Hall–Kier alpha value is -2.00. The van der Waals surface area contributed by atoms with Gasteiger partial charge in [0, 0.05) is 43.8 Å². The van der Waals surface area contributed by atoms with Crippen LogP contribution in [0.1, 0.15) is 30.1 Å². The van der Waals surface area contributed by atoms with Crippen molar-refractivity contribution in [1.82, 2.24) is 14.8 Å². The molecule has 1 N–H and O–H groups in total. The van der Waals surface area contributed by atoms with Crippen molar-refractivity contribution in [3.8, 4) is 0 Å². The zero-order chi connectivity index (χ0) is 21.3. The number of anilines is 1. The van der Waals surface area contributed by atoms with Gasteiger partial charge in [0.15, 0.2) is 0 Å². The molecule has 2 heterocycles. The Morgan fingerprint density at radius 2 is 2.03 bits per heavy atom. The van der Waals surface area contributed by atoms with E-state index in [2.05, 4.69) is 20.6 Å². The summed E-state index contributed by atoms with van der Waals surface area (Å²) in [6.45, 7) is 11.7. The third-order valence-corrected chi connectivity index (χ3v) is 5.66. The molecule has 30 heavy (non-hydrogen) atoms. The van der Waals surface area contributed by atoms with Gasteiger partial charge in [-0.2, -0.15) is 0 Å². The number of aryl methyl sites for hydroxylation is 1. The molecule has 1 saturated heterocycles. The first-order chi connectivity index (χ1) is 14.5. The zero-order valence-electron chi connectivity index (χ0n) is 18.1. The fourth-order valence-corrected chi connectivity index (χ4v) is 3.90. The number of carbonyl (C=O) groups is 1. The Morgan fingerprint density at radius 1 is 1.23 bits per heavy atom. The van der Waals surface area contributed by atoms with Crippen LogP contribution in [-0.4, -0.2) is 66.3 Å². The van der Waals surface area contributed by atoms with Crippen molar-refractivity contribution in [3.63, 3.8) is 0 Å². The number of rotatable bonds is 9. The molecule has 0 atom stereocenters. The molecule has 2 aromatic rings. The van der Waals surface area contributed by atoms with E-state index in [0.29, 0.717) is 32.9 Å². The monoisotopic (exact) mass is 432 g/mol. The molecule has 0 spiro atoms. The Morgan fingerprint density at radius 3 is 2.73 bits per heavy atom. The average Bonchev–Trinajstić information content (AvgIpc) is 3.13. The molecular formula is C22H32N4O3S. The number of benzene rings is 1. The summed E-state index contributed by atoms with van der Waals surface area (Å²) in [6.07, 6.45) is 0.213. The first kappa shape index (κ1) is 22.7. The van der Waals surface area contributed by atoms with Crippen molar-refractivity contribution in [1.29, 1.82) is 0 Å². The summed E-state index contributed by atoms with van der Waals surface area (Å²) in [5.74, 6) is 0. The van der Waals surface area contributed by atoms with Gasteiger partial charge in [-0.15, -0.1) is 11.3 Å². The van der Waals surface area contributed by atoms with E-state index in [9.17, 15) is 4.79 Å². The van der Waals surface area contributed by atoms with Crippen LogP contribution < -0.4 is 5.32 Å². The van der Waals surface area contributed by atoms with E-state index >= 15 is 0 Å². The predicted molar refractivity (Wildman–Crippen MR) is 120 cm³/mol.